The van der Waals surface area contributed by atoms with Crippen molar-refractivity contribution in [3.05, 3.63) is 52.8 Å². The number of nitrogens with zero attached hydrogens (tertiary/aromatic N) is 5. The lowest BCUT2D eigenvalue weighted by molar-refractivity contribution is 0.0754. The highest BCUT2D eigenvalue weighted by Gasteiger charge is 2.30. The topological polar surface area (TPSA) is 90.2 Å². The highest BCUT2D eigenvalue weighted by Crippen LogP contribution is 2.25. The Hall–Kier alpha value is -2.90. The number of hydrogen-bond donors (Lipinski definition) is 0. The first-order valence-electron chi connectivity index (χ1n) is 9.25. The SMILES string of the molecule is CCc1nncn1C1CCN(C(=O)c2ccc(Cc3c(C)noc3C)o2)C1. The molecule has 4 rings (SSSR count). The van der Waals surface area contributed by atoms with Crippen molar-refractivity contribution in [2.24, 2.45) is 0 Å². The average molecular weight is 369 g/mol. The molecule has 8 nitrogen and oxygen atoms in total. The van der Waals surface area contributed by atoms with Crippen molar-refractivity contribution in [2.75, 3.05) is 13.1 Å². The molecule has 8 heteroatoms. The summed E-state index contributed by atoms with van der Waals surface area (Å²) < 4.78 is 13.1. The molecule has 1 fully saturated rings. The van der Waals surface area contributed by atoms with E-state index in [-0.39, 0.29) is 11.9 Å². The summed E-state index contributed by atoms with van der Waals surface area (Å²) in [6, 6.07) is 3.82. The molecule has 0 bridgehead atoms. The summed E-state index contributed by atoms with van der Waals surface area (Å²) in [6.07, 6.45) is 4.04. The smallest absolute Gasteiger partial charge is 0.289 e. The summed E-state index contributed by atoms with van der Waals surface area (Å²) in [7, 11) is 0. The maximum atomic E-state index is 12.8. The second-order valence-corrected chi connectivity index (χ2v) is 6.95. The lowest BCUT2D eigenvalue weighted by atomic mass is 10.1. The Labute approximate surface area is 157 Å². The van der Waals surface area contributed by atoms with Crippen molar-refractivity contribution >= 4 is 5.91 Å². The van der Waals surface area contributed by atoms with Crippen molar-refractivity contribution in [1.82, 2.24) is 24.8 Å². The van der Waals surface area contributed by atoms with Crippen LogP contribution in [0.15, 0.2) is 27.4 Å². The van der Waals surface area contributed by atoms with E-state index < -0.39 is 0 Å². The van der Waals surface area contributed by atoms with Gasteiger partial charge in [-0.1, -0.05) is 12.1 Å². The highest BCUT2D eigenvalue weighted by atomic mass is 16.5. The van der Waals surface area contributed by atoms with E-state index in [2.05, 4.69) is 26.8 Å². The molecule has 4 heterocycles. The lowest BCUT2D eigenvalue weighted by Crippen LogP contribution is -2.29. The number of carbonyl (C=O) groups excluding carboxylic acids is 1. The number of furan rings is 1. The van der Waals surface area contributed by atoms with E-state index in [9.17, 15) is 4.79 Å². The van der Waals surface area contributed by atoms with Crippen LogP contribution in [0.4, 0.5) is 0 Å². The van der Waals surface area contributed by atoms with Crippen LogP contribution in [0.1, 0.15) is 58.5 Å². The van der Waals surface area contributed by atoms with Crippen molar-refractivity contribution in [3.8, 4) is 0 Å². The predicted molar refractivity (Wildman–Crippen MR) is 96.4 cm³/mol. The average Bonchev–Trinajstić information content (AvgIpc) is 3.44. The van der Waals surface area contributed by atoms with Crippen LogP contribution >= 0.6 is 0 Å². The zero-order chi connectivity index (χ0) is 19.0. The number of amides is 1. The zero-order valence-corrected chi connectivity index (χ0v) is 15.8. The summed E-state index contributed by atoms with van der Waals surface area (Å²) in [5.74, 6) is 2.76. The standard InChI is InChI=1S/C19H23N5O3/c1-4-18-21-20-11-24(18)14-7-8-23(10-14)19(25)17-6-5-15(26-17)9-16-12(2)22-27-13(16)3/h5-6,11,14H,4,7-10H2,1-3H3. The largest absolute Gasteiger partial charge is 0.456 e. The number of aryl methyl sites for hydroxylation is 3. The van der Waals surface area contributed by atoms with Gasteiger partial charge in [-0.15, -0.1) is 10.2 Å². The third-order valence-corrected chi connectivity index (χ3v) is 5.21. The number of likely N-dealkylation sites (tertiary alicyclic amines) is 1. The maximum Gasteiger partial charge on any atom is 0.289 e. The molecule has 1 amide bonds. The molecule has 1 atom stereocenters. The van der Waals surface area contributed by atoms with Crippen LogP contribution in [0.5, 0.6) is 0 Å². The van der Waals surface area contributed by atoms with E-state index in [4.69, 9.17) is 8.94 Å². The first kappa shape index (κ1) is 17.5. The van der Waals surface area contributed by atoms with Crippen molar-refractivity contribution in [1.29, 1.82) is 0 Å². The molecule has 0 spiro atoms. The van der Waals surface area contributed by atoms with E-state index in [1.165, 1.54) is 0 Å². The molecule has 1 aliphatic heterocycles. The normalized spacial score (nSPS) is 17.0. The molecule has 1 saturated heterocycles. The fraction of sp³-hybridized carbons (Fsp3) is 0.474. The number of carbonyl (C=O) groups is 1. The van der Waals surface area contributed by atoms with E-state index in [1.807, 2.05) is 24.8 Å². The van der Waals surface area contributed by atoms with Gasteiger partial charge in [0.25, 0.3) is 5.91 Å². The van der Waals surface area contributed by atoms with Crippen LogP contribution in [0, 0.1) is 13.8 Å². The Kier molecular flexibility index (Phi) is 4.55. The molecule has 0 saturated carbocycles. The molecular formula is C19H23N5O3. The van der Waals surface area contributed by atoms with E-state index in [0.29, 0.717) is 25.3 Å². The summed E-state index contributed by atoms with van der Waals surface area (Å²) in [5, 5.41) is 12.1. The second kappa shape index (κ2) is 7.02. The third kappa shape index (κ3) is 3.27. The first-order valence-corrected chi connectivity index (χ1v) is 9.25. The van der Waals surface area contributed by atoms with Gasteiger partial charge in [0, 0.05) is 31.5 Å². The van der Waals surface area contributed by atoms with Gasteiger partial charge in [0.2, 0.25) is 0 Å². The quantitative estimate of drug-likeness (QED) is 0.687. The molecule has 142 valence electrons. The van der Waals surface area contributed by atoms with Gasteiger partial charge in [-0.05, 0) is 32.4 Å². The molecule has 3 aromatic rings. The maximum absolute atomic E-state index is 12.8. The molecule has 0 aliphatic carbocycles. The first-order chi connectivity index (χ1) is 13.1. The molecule has 3 aromatic heterocycles. The Morgan fingerprint density at radius 1 is 1.33 bits per heavy atom. The summed E-state index contributed by atoms with van der Waals surface area (Å²) in [4.78, 5) is 14.7. The monoisotopic (exact) mass is 369 g/mol. The highest BCUT2D eigenvalue weighted by molar-refractivity contribution is 5.91. The van der Waals surface area contributed by atoms with Crippen LogP contribution in [0.3, 0.4) is 0 Å². The molecule has 27 heavy (non-hydrogen) atoms. The van der Waals surface area contributed by atoms with Crippen LogP contribution in [0.2, 0.25) is 0 Å². The van der Waals surface area contributed by atoms with Gasteiger partial charge in [-0.2, -0.15) is 0 Å². The molecular weight excluding hydrogens is 346 g/mol. The van der Waals surface area contributed by atoms with E-state index in [0.717, 1.165) is 41.4 Å². The summed E-state index contributed by atoms with van der Waals surface area (Å²) in [5.41, 5.74) is 1.85. The second-order valence-electron chi connectivity index (χ2n) is 6.95. The predicted octanol–water partition coefficient (Wildman–Crippen LogP) is 2.72. The van der Waals surface area contributed by atoms with E-state index >= 15 is 0 Å². The molecule has 1 unspecified atom stereocenters. The fourth-order valence-electron chi connectivity index (χ4n) is 3.65. The minimum absolute atomic E-state index is 0.0753. The molecule has 0 N–H and O–H groups in total. The molecule has 0 aromatic carbocycles. The van der Waals surface area contributed by atoms with Gasteiger partial charge in [-0.25, -0.2) is 0 Å². The fourth-order valence-corrected chi connectivity index (χ4v) is 3.65. The van der Waals surface area contributed by atoms with Gasteiger partial charge in [0.15, 0.2) is 5.76 Å². The minimum atomic E-state index is -0.0753. The van der Waals surface area contributed by atoms with Gasteiger partial charge in [-0.3, -0.25) is 4.79 Å². The summed E-state index contributed by atoms with van der Waals surface area (Å²) >= 11 is 0. The van der Waals surface area contributed by atoms with E-state index in [1.54, 1.807) is 12.4 Å². The lowest BCUT2D eigenvalue weighted by Gasteiger charge is -2.16. The Balaban J connectivity index is 1.44. The van der Waals surface area contributed by atoms with Crippen LogP contribution in [-0.4, -0.2) is 43.8 Å². The van der Waals surface area contributed by atoms with Gasteiger partial charge < -0.3 is 18.4 Å². The third-order valence-electron chi connectivity index (χ3n) is 5.21. The van der Waals surface area contributed by atoms with Crippen LogP contribution in [-0.2, 0) is 12.8 Å². The Morgan fingerprint density at radius 3 is 2.93 bits per heavy atom. The number of hydrogen-bond acceptors (Lipinski definition) is 6. The zero-order valence-electron chi connectivity index (χ0n) is 15.8. The van der Waals surface area contributed by atoms with Crippen molar-refractivity contribution in [3.63, 3.8) is 0 Å². The van der Waals surface area contributed by atoms with Gasteiger partial charge >= 0.3 is 0 Å². The van der Waals surface area contributed by atoms with Gasteiger partial charge in [0.05, 0.1) is 11.7 Å². The minimum Gasteiger partial charge on any atom is -0.456 e. The van der Waals surface area contributed by atoms with Crippen LogP contribution < -0.4 is 0 Å². The molecule has 0 radical (unpaired) electrons. The number of rotatable bonds is 5. The Bertz CT molecular complexity index is 935. The number of aromatic nitrogens is 4. The van der Waals surface area contributed by atoms with Gasteiger partial charge in [0.1, 0.15) is 23.7 Å². The Morgan fingerprint density at radius 2 is 2.19 bits per heavy atom. The van der Waals surface area contributed by atoms with Crippen LogP contribution in [0.25, 0.3) is 0 Å². The molecule has 1 aliphatic rings. The summed E-state index contributed by atoms with van der Waals surface area (Å²) in [6.45, 7) is 7.18. The van der Waals surface area contributed by atoms with Crippen molar-refractivity contribution in [2.45, 2.75) is 46.1 Å². The van der Waals surface area contributed by atoms with Crippen molar-refractivity contribution < 1.29 is 13.7 Å².